The largest absolute Gasteiger partial charge is 0.481 e. The molecule has 2 unspecified atom stereocenters. The zero-order valence-corrected chi connectivity index (χ0v) is 27.0. The van der Waals surface area contributed by atoms with E-state index < -0.39 is 59.7 Å². The van der Waals surface area contributed by atoms with E-state index in [0.29, 0.717) is 16.4 Å². The molecule has 2 N–H and O–H groups in total. The van der Waals surface area contributed by atoms with E-state index in [0.717, 1.165) is 0 Å². The van der Waals surface area contributed by atoms with E-state index in [1.165, 1.54) is 59.2 Å². The molecule has 248 valence electrons. The first-order chi connectivity index (χ1) is 21.7. The highest BCUT2D eigenvalue weighted by atomic mass is 32.1. The molecule has 1 aromatic carbocycles. The Morgan fingerprint density at radius 3 is 2.63 bits per heavy atom. The van der Waals surface area contributed by atoms with Crippen LogP contribution in [0.3, 0.4) is 0 Å². The topological polar surface area (TPSA) is 128 Å². The number of benzene rings is 1. The third kappa shape index (κ3) is 6.27. The van der Waals surface area contributed by atoms with Crippen molar-refractivity contribution in [2.75, 3.05) is 32.8 Å². The van der Waals surface area contributed by atoms with E-state index >= 15 is 8.78 Å². The minimum Gasteiger partial charge on any atom is -0.481 e. The summed E-state index contributed by atoms with van der Waals surface area (Å²) >= 11 is 1.28. The predicted molar refractivity (Wildman–Crippen MR) is 164 cm³/mol. The van der Waals surface area contributed by atoms with Crippen LogP contribution in [0.5, 0.6) is 0 Å². The van der Waals surface area contributed by atoms with Crippen LogP contribution in [0, 0.1) is 18.2 Å². The van der Waals surface area contributed by atoms with Crippen molar-refractivity contribution < 1.29 is 37.4 Å². The van der Waals surface area contributed by atoms with E-state index in [1.807, 2.05) is 0 Å². The number of carboxylic acid groups (broad SMARTS) is 1. The van der Waals surface area contributed by atoms with E-state index in [1.54, 1.807) is 31.5 Å². The predicted octanol–water partition coefficient (Wildman–Crippen LogP) is 3.77. The van der Waals surface area contributed by atoms with Gasteiger partial charge in [-0.2, -0.15) is 0 Å². The summed E-state index contributed by atoms with van der Waals surface area (Å²) in [6.45, 7) is 6.59. The molecular weight excluding hydrogens is 625 g/mol. The Hall–Kier alpha value is -3.82. The van der Waals surface area contributed by atoms with Crippen LogP contribution >= 0.6 is 11.3 Å². The molecule has 4 heterocycles. The van der Waals surface area contributed by atoms with Crippen LogP contribution in [-0.2, 0) is 19.1 Å². The van der Waals surface area contributed by atoms with Crippen molar-refractivity contribution in [1.82, 2.24) is 25.2 Å². The number of amides is 1. The molecule has 3 aliphatic rings. The standard InChI is InChI=1S/C31H37F3N6O5S/c1-6-45-28(42)23-21(36-26(27-35-11-13-46-27)37-24(23)19-8-7-9-20(32)17(19)2)14-38-16-31(33,34)25-22(38)15-40(18(3)41)39(25)12-10-30(4,5)29(43)44/h7-9,11,13,22,24-25H,6,10,12,14-16H2,1-5H3,(H,36,37)(H,43,44)/t22?,24-,25?/m0/s1. The lowest BCUT2D eigenvalue weighted by Gasteiger charge is -2.35. The molecule has 46 heavy (non-hydrogen) atoms. The number of aliphatic imine (C=N–C) groups is 1. The first kappa shape index (κ1) is 33.5. The molecular formula is C31H37F3N6O5S. The number of alkyl halides is 2. The van der Waals surface area contributed by atoms with Gasteiger partial charge in [0.05, 0.1) is 36.7 Å². The summed E-state index contributed by atoms with van der Waals surface area (Å²) in [5, 5.41) is 17.5. The monoisotopic (exact) mass is 662 g/mol. The fourth-order valence-electron chi connectivity index (χ4n) is 6.24. The number of carboxylic acids is 1. The SMILES string of the molecule is CCOC(=O)C1=C(CN2CC(F)(F)C3C2CN(C(C)=O)N3CCC(C)(C)C(=O)O)NC(c2nccs2)=N[C@H]1c1cccc(F)c1C. The summed E-state index contributed by atoms with van der Waals surface area (Å²) in [7, 11) is 0. The maximum atomic E-state index is 15.9. The molecule has 2 saturated heterocycles. The zero-order valence-electron chi connectivity index (χ0n) is 26.2. The van der Waals surface area contributed by atoms with Gasteiger partial charge in [0.15, 0.2) is 10.8 Å². The van der Waals surface area contributed by atoms with Crippen LogP contribution in [-0.4, -0.2) is 99.5 Å². The lowest BCUT2D eigenvalue weighted by molar-refractivity contribution is -0.156. The van der Waals surface area contributed by atoms with Crippen LogP contribution < -0.4 is 5.32 Å². The van der Waals surface area contributed by atoms with Crippen molar-refractivity contribution >= 4 is 35.0 Å². The van der Waals surface area contributed by atoms with E-state index in [9.17, 15) is 23.9 Å². The fraction of sp³-hybridized carbons (Fsp3) is 0.516. The molecule has 1 amide bonds. The summed E-state index contributed by atoms with van der Waals surface area (Å²) in [6, 6.07) is 1.20. The van der Waals surface area contributed by atoms with Gasteiger partial charge in [0.2, 0.25) is 5.91 Å². The summed E-state index contributed by atoms with van der Waals surface area (Å²) in [5.41, 5.74) is -0.197. The van der Waals surface area contributed by atoms with Gasteiger partial charge in [0, 0.05) is 37.3 Å². The van der Waals surface area contributed by atoms with Crippen molar-refractivity contribution in [3.8, 4) is 0 Å². The minimum atomic E-state index is -3.29. The van der Waals surface area contributed by atoms with Gasteiger partial charge in [0.1, 0.15) is 17.9 Å². The molecule has 2 aromatic rings. The van der Waals surface area contributed by atoms with Crippen molar-refractivity contribution in [2.45, 2.75) is 65.1 Å². The van der Waals surface area contributed by atoms with Gasteiger partial charge in [-0.1, -0.05) is 12.1 Å². The Labute approximate surface area is 268 Å². The molecule has 0 spiro atoms. The number of rotatable bonds is 10. The Bertz CT molecular complexity index is 1580. The smallest absolute Gasteiger partial charge is 0.338 e. The summed E-state index contributed by atoms with van der Waals surface area (Å²) in [4.78, 5) is 48.6. The summed E-state index contributed by atoms with van der Waals surface area (Å²) < 4.78 is 52.1. The van der Waals surface area contributed by atoms with Gasteiger partial charge >= 0.3 is 11.9 Å². The number of hydrogen-bond donors (Lipinski definition) is 2. The lowest BCUT2D eigenvalue weighted by Crippen LogP contribution is -2.52. The van der Waals surface area contributed by atoms with Crippen molar-refractivity contribution in [3.05, 3.63) is 63.0 Å². The summed E-state index contributed by atoms with van der Waals surface area (Å²) in [6.07, 6.45) is 1.62. The molecule has 0 radical (unpaired) electrons. The van der Waals surface area contributed by atoms with Gasteiger partial charge in [-0.15, -0.1) is 11.3 Å². The number of fused-ring (bicyclic) bond motifs is 1. The number of esters is 1. The molecule has 0 bridgehead atoms. The van der Waals surface area contributed by atoms with Gasteiger partial charge in [0.25, 0.3) is 5.92 Å². The highest BCUT2D eigenvalue weighted by Gasteiger charge is 2.62. The number of hydrogen-bond acceptors (Lipinski definition) is 10. The maximum Gasteiger partial charge on any atom is 0.338 e. The number of aliphatic carboxylic acids is 1. The van der Waals surface area contributed by atoms with Crippen LogP contribution in [0.15, 0.2) is 46.0 Å². The number of ether oxygens (including phenoxy) is 1. The number of aromatic nitrogens is 1. The van der Waals surface area contributed by atoms with Crippen LogP contribution in [0.2, 0.25) is 0 Å². The quantitative estimate of drug-likeness (QED) is 0.366. The van der Waals surface area contributed by atoms with Gasteiger partial charge in [-0.25, -0.2) is 28.0 Å². The van der Waals surface area contributed by atoms with Crippen LogP contribution in [0.4, 0.5) is 13.2 Å². The highest BCUT2D eigenvalue weighted by Crippen LogP contribution is 2.43. The number of nitrogens with one attached hydrogen (secondary N) is 1. The van der Waals surface area contributed by atoms with Crippen LogP contribution in [0.25, 0.3) is 0 Å². The average molecular weight is 663 g/mol. The van der Waals surface area contributed by atoms with Gasteiger partial charge in [-0.05, 0) is 51.3 Å². The van der Waals surface area contributed by atoms with Crippen LogP contribution in [0.1, 0.15) is 56.3 Å². The second-order valence-corrected chi connectivity index (χ2v) is 13.2. The Kier molecular flexibility index (Phi) is 9.30. The second-order valence-electron chi connectivity index (χ2n) is 12.3. The number of carbonyl (C=O) groups is 3. The van der Waals surface area contributed by atoms with E-state index in [4.69, 9.17) is 9.73 Å². The zero-order chi connectivity index (χ0) is 33.6. The number of halogens is 3. The number of hydrazine groups is 1. The fourth-order valence-corrected chi connectivity index (χ4v) is 6.83. The number of nitrogens with zero attached hydrogens (tertiary/aromatic N) is 5. The minimum absolute atomic E-state index is 0.0352. The Morgan fingerprint density at radius 1 is 1.26 bits per heavy atom. The average Bonchev–Trinajstić information content (AvgIpc) is 3.71. The first-order valence-electron chi connectivity index (χ1n) is 15.0. The number of likely N-dealkylation sites (tertiary alicyclic amines) is 1. The highest BCUT2D eigenvalue weighted by molar-refractivity contribution is 7.11. The molecule has 0 aliphatic carbocycles. The second kappa shape index (κ2) is 12.8. The molecule has 5 rings (SSSR count). The Morgan fingerprint density at radius 2 is 2.00 bits per heavy atom. The van der Waals surface area contributed by atoms with Gasteiger partial charge in [-0.3, -0.25) is 24.5 Å². The molecule has 0 saturated carbocycles. The van der Waals surface area contributed by atoms with E-state index in [-0.39, 0.29) is 49.5 Å². The molecule has 11 nitrogen and oxygen atoms in total. The lowest BCUT2D eigenvalue weighted by atomic mass is 9.89. The number of thiazole rings is 1. The van der Waals surface area contributed by atoms with Crippen molar-refractivity contribution in [2.24, 2.45) is 10.4 Å². The molecule has 1 aromatic heterocycles. The van der Waals surface area contributed by atoms with E-state index in [2.05, 4.69) is 10.3 Å². The number of carbonyl (C=O) groups excluding carboxylic acids is 2. The third-order valence-corrected chi connectivity index (χ3v) is 9.58. The molecule has 3 atom stereocenters. The normalized spacial score (nSPS) is 23.3. The first-order valence-corrected chi connectivity index (χ1v) is 15.8. The Balaban J connectivity index is 1.56. The maximum absolute atomic E-state index is 15.9. The molecule has 15 heteroatoms. The van der Waals surface area contributed by atoms with Crippen molar-refractivity contribution in [1.29, 1.82) is 0 Å². The summed E-state index contributed by atoms with van der Waals surface area (Å²) in [5.74, 6) is -5.72. The number of amidine groups is 1. The van der Waals surface area contributed by atoms with Crippen molar-refractivity contribution in [3.63, 3.8) is 0 Å². The molecule has 2 fully saturated rings. The third-order valence-electron chi connectivity index (χ3n) is 8.80. The van der Waals surface area contributed by atoms with Gasteiger partial charge < -0.3 is 15.2 Å². The molecule has 3 aliphatic heterocycles.